The normalized spacial score (nSPS) is 14.9. The number of hydrogen-bond acceptors (Lipinski definition) is 4. The van der Waals surface area contributed by atoms with Gasteiger partial charge < -0.3 is 4.90 Å². The van der Waals surface area contributed by atoms with E-state index in [1.54, 1.807) is 30.5 Å². The number of amides is 1. The lowest BCUT2D eigenvalue weighted by Crippen LogP contribution is -2.35. The van der Waals surface area contributed by atoms with Gasteiger partial charge in [0, 0.05) is 38.9 Å². The summed E-state index contributed by atoms with van der Waals surface area (Å²) in [5, 5.41) is 13.2. The van der Waals surface area contributed by atoms with Gasteiger partial charge in [-0.25, -0.2) is 9.07 Å². The SMILES string of the molecule is N#Cc1ccc(CN2CCCN(C(=O)c3ccn(-c4ccccc4F)n3)CC2)cc1. The molecule has 3 aromatic rings. The highest BCUT2D eigenvalue weighted by molar-refractivity contribution is 5.92. The van der Waals surface area contributed by atoms with Crippen LogP contribution >= 0.6 is 0 Å². The molecule has 7 heteroatoms. The number of hydrogen-bond donors (Lipinski definition) is 0. The zero-order chi connectivity index (χ0) is 20.9. The van der Waals surface area contributed by atoms with E-state index in [9.17, 15) is 9.18 Å². The number of benzene rings is 2. The minimum Gasteiger partial charge on any atom is -0.336 e. The predicted octanol–water partition coefficient (Wildman–Crippen LogP) is 3.23. The lowest BCUT2D eigenvalue weighted by Gasteiger charge is -2.21. The van der Waals surface area contributed by atoms with Crippen molar-refractivity contribution in [3.63, 3.8) is 0 Å². The van der Waals surface area contributed by atoms with E-state index in [4.69, 9.17) is 5.26 Å². The van der Waals surface area contributed by atoms with Gasteiger partial charge in [-0.15, -0.1) is 0 Å². The predicted molar refractivity (Wildman–Crippen MR) is 110 cm³/mol. The third kappa shape index (κ3) is 4.39. The van der Waals surface area contributed by atoms with Crippen molar-refractivity contribution in [2.24, 2.45) is 0 Å². The molecule has 0 spiro atoms. The van der Waals surface area contributed by atoms with E-state index in [0.717, 1.165) is 31.6 Å². The maximum absolute atomic E-state index is 14.0. The van der Waals surface area contributed by atoms with Crippen LogP contribution in [0, 0.1) is 17.1 Å². The van der Waals surface area contributed by atoms with Gasteiger partial charge in [0.25, 0.3) is 5.91 Å². The van der Waals surface area contributed by atoms with Gasteiger partial charge in [-0.3, -0.25) is 9.69 Å². The second-order valence-corrected chi connectivity index (χ2v) is 7.33. The van der Waals surface area contributed by atoms with Crippen molar-refractivity contribution < 1.29 is 9.18 Å². The van der Waals surface area contributed by atoms with Crippen molar-refractivity contribution in [1.82, 2.24) is 19.6 Å². The van der Waals surface area contributed by atoms with Gasteiger partial charge in [0.2, 0.25) is 0 Å². The zero-order valence-electron chi connectivity index (χ0n) is 16.5. The van der Waals surface area contributed by atoms with Crippen molar-refractivity contribution in [1.29, 1.82) is 5.26 Å². The van der Waals surface area contributed by atoms with Crippen LogP contribution in [-0.2, 0) is 6.54 Å². The summed E-state index contributed by atoms with van der Waals surface area (Å²) in [6.07, 6.45) is 2.48. The lowest BCUT2D eigenvalue weighted by atomic mass is 10.1. The first-order chi connectivity index (χ1) is 14.6. The number of carbonyl (C=O) groups is 1. The Balaban J connectivity index is 1.39. The number of aromatic nitrogens is 2. The van der Waals surface area contributed by atoms with Gasteiger partial charge in [-0.2, -0.15) is 10.4 Å². The summed E-state index contributed by atoms with van der Waals surface area (Å²) in [5.41, 5.74) is 2.44. The minimum atomic E-state index is -0.382. The second kappa shape index (κ2) is 8.89. The van der Waals surface area contributed by atoms with Crippen LogP contribution in [0.4, 0.5) is 4.39 Å². The molecule has 1 aliphatic rings. The molecule has 2 heterocycles. The van der Waals surface area contributed by atoms with E-state index in [2.05, 4.69) is 16.1 Å². The third-order valence-corrected chi connectivity index (χ3v) is 5.27. The van der Waals surface area contributed by atoms with Gasteiger partial charge in [0.15, 0.2) is 5.69 Å². The van der Waals surface area contributed by atoms with Gasteiger partial charge in [-0.1, -0.05) is 24.3 Å². The summed E-state index contributed by atoms with van der Waals surface area (Å²) < 4.78 is 15.4. The molecule has 152 valence electrons. The Bertz CT molecular complexity index is 1070. The Hall–Kier alpha value is -3.50. The molecule has 0 unspecified atom stereocenters. The smallest absolute Gasteiger partial charge is 0.274 e. The maximum Gasteiger partial charge on any atom is 0.274 e. The third-order valence-electron chi connectivity index (χ3n) is 5.27. The van der Waals surface area contributed by atoms with Gasteiger partial charge in [-0.05, 0) is 42.3 Å². The number of nitriles is 1. The van der Waals surface area contributed by atoms with Crippen molar-refractivity contribution in [2.45, 2.75) is 13.0 Å². The molecule has 0 atom stereocenters. The van der Waals surface area contributed by atoms with Crippen LogP contribution in [0.1, 0.15) is 28.0 Å². The first-order valence-corrected chi connectivity index (χ1v) is 9.95. The van der Waals surface area contributed by atoms with E-state index < -0.39 is 0 Å². The van der Waals surface area contributed by atoms with Crippen molar-refractivity contribution >= 4 is 5.91 Å². The molecular formula is C23H22FN5O. The molecule has 0 radical (unpaired) electrons. The van der Waals surface area contributed by atoms with E-state index in [1.807, 2.05) is 29.2 Å². The van der Waals surface area contributed by atoms with Crippen molar-refractivity contribution in [3.05, 3.63) is 83.4 Å². The van der Waals surface area contributed by atoms with Crippen LogP contribution in [0.15, 0.2) is 60.8 Å². The molecule has 4 rings (SSSR count). The van der Waals surface area contributed by atoms with Gasteiger partial charge >= 0.3 is 0 Å². The molecule has 1 amide bonds. The van der Waals surface area contributed by atoms with E-state index in [-0.39, 0.29) is 11.7 Å². The highest BCUT2D eigenvalue weighted by Gasteiger charge is 2.22. The number of carbonyl (C=O) groups excluding carboxylic acids is 1. The van der Waals surface area contributed by atoms with Crippen LogP contribution in [-0.4, -0.2) is 51.7 Å². The Morgan fingerprint density at radius 3 is 2.60 bits per heavy atom. The largest absolute Gasteiger partial charge is 0.336 e. The number of rotatable bonds is 4. The highest BCUT2D eigenvalue weighted by Crippen LogP contribution is 2.15. The fourth-order valence-electron chi connectivity index (χ4n) is 3.65. The summed E-state index contributed by atoms with van der Waals surface area (Å²) >= 11 is 0. The molecule has 0 N–H and O–H groups in total. The average molecular weight is 403 g/mol. The highest BCUT2D eigenvalue weighted by atomic mass is 19.1. The molecule has 1 aliphatic heterocycles. The van der Waals surface area contributed by atoms with Gasteiger partial charge in [0.05, 0.1) is 11.6 Å². The number of halogens is 1. The Kier molecular flexibility index (Phi) is 5.87. The number of para-hydroxylation sites is 1. The molecule has 30 heavy (non-hydrogen) atoms. The lowest BCUT2D eigenvalue weighted by molar-refractivity contribution is 0.0754. The summed E-state index contributed by atoms with van der Waals surface area (Å²) in [7, 11) is 0. The molecule has 1 saturated heterocycles. The van der Waals surface area contributed by atoms with Crippen molar-refractivity contribution in [2.75, 3.05) is 26.2 Å². The van der Waals surface area contributed by atoms with Crippen LogP contribution in [0.25, 0.3) is 5.69 Å². The van der Waals surface area contributed by atoms with Crippen LogP contribution in [0.5, 0.6) is 0 Å². The van der Waals surface area contributed by atoms with Gasteiger partial charge in [0.1, 0.15) is 11.5 Å². The standard InChI is InChI=1S/C23H22FN5O/c24-20-4-1-2-5-22(20)29-13-10-21(26-29)23(30)28-12-3-11-27(14-15-28)17-19-8-6-18(16-25)7-9-19/h1-2,4-10,13H,3,11-12,14-15,17H2. The molecule has 0 saturated carbocycles. The summed E-state index contributed by atoms with van der Waals surface area (Å²) in [4.78, 5) is 17.0. The summed E-state index contributed by atoms with van der Waals surface area (Å²) in [6, 6.07) is 17.7. The molecule has 1 aromatic heterocycles. The van der Waals surface area contributed by atoms with E-state index >= 15 is 0 Å². The van der Waals surface area contributed by atoms with Crippen LogP contribution in [0.3, 0.4) is 0 Å². The first kappa shape index (κ1) is 19.8. The van der Waals surface area contributed by atoms with Crippen molar-refractivity contribution in [3.8, 4) is 11.8 Å². The molecule has 1 fully saturated rings. The Labute approximate surface area is 174 Å². The average Bonchev–Trinajstić information content (AvgIpc) is 3.14. The zero-order valence-corrected chi connectivity index (χ0v) is 16.5. The Morgan fingerprint density at radius 1 is 1.03 bits per heavy atom. The first-order valence-electron chi connectivity index (χ1n) is 9.95. The van der Waals surface area contributed by atoms with E-state index in [1.165, 1.54) is 10.7 Å². The minimum absolute atomic E-state index is 0.134. The second-order valence-electron chi connectivity index (χ2n) is 7.33. The number of nitrogens with zero attached hydrogens (tertiary/aromatic N) is 5. The molecule has 2 aromatic carbocycles. The monoisotopic (exact) mass is 403 g/mol. The molecule has 6 nitrogen and oxygen atoms in total. The van der Waals surface area contributed by atoms with Crippen LogP contribution < -0.4 is 0 Å². The quantitative estimate of drug-likeness (QED) is 0.671. The van der Waals surface area contributed by atoms with Crippen LogP contribution in [0.2, 0.25) is 0 Å². The fourth-order valence-corrected chi connectivity index (χ4v) is 3.65. The Morgan fingerprint density at radius 2 is 1.83 bits per heavy atom. The summed E-state index contributed by atoms with van der Waals surface area (Å²) in [5.74, 6) is -0.516. The topological polar surface area (TPSA) is 65.2 Å². The molecular weight excluding hydrogens is 381 g/mol. The van der Waals surface area contributed by atoms with E-state index in [0.29, 0.717) is 30.0 Å². The molecule has 0 aliphatic carbocycles. The molecule has 0 bridgehead atoms. The summed E-state index contributed by atoms with van der Waals surface area (Å²) in [6.45, 7) is 3.72. The fraction of sp³-hybridized carbons (Fsp3) is 0.261. The maximum atomic E-state index is 14.0.